The molecule has 0 saturated carbocycles. The van der Waals surface area contributed by atoms with E-state index in [0.29, 0.717) is 17.8 Å². The van der Waals surface area contributed by atoms with Crippen molar-refractivity contribution in [2.45, 2.75) is 81.8 Å². The molecule has 0 N–H and O–H groups in total. The molecule has 2 aromatic heterocycles. The highest BCUT2D eigenvalue weighted by Gasteiger charge is 2.36. The lowest BCUT2D eigenvalue weighted by Crippen LogP contribution is -2.10. The van der Waals surface area contributed by atoms with Crippen LogP contribution >= 0.6 is 0 Å². The molecule has 0 spiro atoms. The highest BCUT2D eigenvalue weighted by Crippen LogP contribution is 2.48. The summed E-state index contributed by atoms with van der Waals surface area (Å²) in [4.78, 5) is 0. The van der Waals surface area contributed by atoms with Crippen molar-refractivity contribution in [3.63, 3.8) is 0 Å². The number of nitrogens with zero attached hydrogens (tertiary/aromatic N) is 4. The number of benzene rings is 10. The van der Waals surface area contributed by atoms with Gasteiger partial charge in [0.25, 0.3) is 0 Å². The second-order valence-corrected chi connectivity index (χ2v) is 22.9. The third kappa shape index (κ3) is 8.17. The topological polar surface area (TPSA) is 57.4 Å². The first-order chi connectivity index (χ1) is 38.8. The lowest BCUT2D eigenvalue weighted by atomic mass is 9.85. The lowest BCUT2D eigenvalue weighted by molar-refractivity contribution is -0.137. The fraction of sp³-hybridized carbons (Fsp3) is 0.162. The average molecular weight is 1060 g/mol. The molecule has 0 atom stereocenters. The molecule has 4 aliphatic rings. The van der Waals surface area contributed by atoms with Gasteiger partial charge in [0.1, 0.15) is 0 Å². The van der Waals surface area contributed by atoms with E-state index in [0.717, 1.165) is 105 Å². The van der Waals surface area contributed by atoms with Crippen LogP contribution in [-0.4, -0.2) is 9.13 Å². The number of halogens is 3. The Kier molecular flexibility index (Phi) is 11.7. The van der Waals surface area contributed by atoms with Crippen LogP contribution in [0.3, 0.4) is 0 Å². The summed E-state index contributed by atoms with van der Waals surface area (Å²) in [6.45, 7) is 21.6. The van der Waals surface area contributed by atoms with Gasteiger partial charge in [-0.15, -0.1) is 0 Å². The van der Waals surface area contributed by atoms with E-state index >= 15 is 13.2 Å². The van der Waals surface area contributed by atoms with Gasteiger partial charge in [-0.05, 0) is 243 Å². The lowest BCUT2D eigenvalue weighted by Gasteiger charge is -2.21. The fourth-order valence-electron chi connectivity index (χ4n) is 14.2. The van der Waals surface area contributed by atoms with Crippen molar-refractivity contribution in [3.8, 4) is 79.1 Å². The highest BCUT2D eigenvalue weighted by atomic mass is 19.4. The van der Waals surface area contributed by atoms with Gasteiger partial charge in [-0.3, -0.25) is 0 Å². The molecule has 0 unspecified atom stereocenters. The van der Waals surface area contributed by atoms with Crippen molar-refractivity contribution in [2.75, 3.05) is 0 Å². The van der Waals surface area contributed by atoms with Crippen LogP contribution < -0.4 is 0 Å². The fourth-order valence-corrected chi connectivity index (χ4v) is 14.2. The third-order valence-electron chi connectivity index (χ3n) is 17.0. The summed E-state index contributed by atoms with van der Waals surface area (Å²) in [5.41, 5.74) is 26.6. The van der Waals surface area contributed by atoms with E-state index in [1.807, 2.05) is 6.07 Å². The molecule has 394 valence electrons. The van der Waals surface area contributed by atoms with Gasteiger partial charge < -0.3 is 9.13 Å². The first kappa shape index (κ1) is 51.0. The van der Waals surface area contributed by atoms with Crippen LogP contribution in [0.5, 0.6) is 0 Å². The molecule has 0 saturated heterocycles. The maximum Gasteiger partial charge on any atom is 0.417 e. The molecule has 6 heterocycles. The number of aryl methyl sites for hydroxylation is 10. The Morgan fingerprint density at radius 1 is 0.370 bits per heavy atom. The zero-order chi connectivity index (χ0) is 56.7. The molecule has 0 amide bonds. The van der Waals surface area contributed by atoms with Crippen molar-refractivity contribution in [1.82, 2.24) is 9.13 Å². The smallest absolute Gasteiger partial charge is 0.307 e. The predicted octanol–water partition coefficient (Wildman–Crippen LogP) is 20.0. The van der Waals surface area contributed by atoms with Crippen molar-refractivity contribution < 1.29 is 13.2 Å². The monoisotopic (exact) mass is 1060 g/mol. The molecular formula is C74H57F3N4. The Balaban J connectivity index is 1.25. The van der Waals surface area contributed by atoms with E-state index < -0.39 is 11.7 Å². The molecule has 4 aliphatic heterocycles. The SMILES string of the molecule is Cc1cc(C)c(-c2ccc3c(c2)c2cc4ccc2n3-c2cc(C#N)c(-c3ccc(C#N)cc3C(F)(F)F)cc2-n2c3ccc(-c5c(C)cc(C)cc5C)cc3c3cc(ccc32)-c2c(C)cc(C)cc2Cc2cc(C)cc(C)c2-4)c(C)c1. The van der Waals surface area contributed by atoms with Gasteiger partial charge in [0, 0.05) is 27.1 Å². The molecule has 0 fully saturated rings. The van der Waals surface area contributed by atoms with E-state index in [1.165, 1.54) is 67.8 Å². The predicted molar refractivity (Wildman–Crippen MR) is 327 cm³/mol. The molecule has 10 aromatic carbocycles. The summed E-state index contributed by atoms with van der Waals surface area (Å²) < 4.78 is 50.8. The van der Waals surface area contributed by atoms with Gasteiger partial charge in [0.15, 0.2) is 0 Å². The van der Waals surface area contributed by atoms with Gasteiger partial charge in [-0.25, -0.2) is 0 Å². The van der Waals surface area contributed by atoms with Crippen LogP contribution in [0.15, 0.2) is 152 Å². The van der Waals surface area contributed by atoms with Gasteiger partial charge in [-0.2, -0.15) is 23.7 Å². The summed E-state index contributed by atoms with van der Waals surface area (Å²) >= 11 is 0. The minimum Gasteiger partial charge on any atom is -0.307 e. The summed E-state index contributed by atoms with van der Waals surface area (Å²) in [5.74, 6) is 0. The Morgan fingerprint density at radius 3 is 1.10 bits per heavy atom. The number of alkyl halides is 3. The Labute approximate surface area is 470 Å². The van der Waals surface area contributed by atoms with Crippen LogP contribution in [0.1, 0.15) is 83.5 Å². The highest BCUT2D eigenvalue weighted by molar-refractivity contribution is 6.15. The van der Waals surface area contributed by atoms with Gasteiger partial charge >= 0.3 is 6.18 Å². The summed E-state index contributed by atoms with van der Waals surface area (Å²) in [5, 5.41) is 25.2. The standard InChI is InChI=1S/C74H57F3N4/c1-39-21-43(5)70(44(6)22-39)50-12-17-64-59(31-50)61-33-52-14-19-65(61)80(64)68-35-56(38-79)58(57-16-11-49(37-78)29-63(57)74(75,76)77)36-69(68)81-66-18-13-51(71-45(7)23-40(2)24-46(71)8)32-60(66)62-34-53(15-20-67(62)81)73-48(10)26-42(4)28-55(73)30-54-27-41(3)25-47(9)72(52)54/h11-29,31-36H,30H2,1-10H3. The number of hydrogen-bond acceptors (Lipinski definition) is 2. The quantitative estimate of drug-likeness (QED) is 0.177. The van der Waals surface area contributed by atoms with Crippen LogP contribution in [0.4, 0.5) is 13.2 Å². The van der Waals surface area contributed by atoms with Crippen LogP contribution in [0.25, 0.3) is 111 Å². The third-order valence-corrected chi connectivity index (χ3v) is 17.0. The summed E-state index contributed by atoms with van der Waals surface area (Å²) in [7, 11) is 0. The van der Waals surface area contributed by atoms with Crippen molar-refractivity contribution >= 4 is 43.6 Å². The second kappa shape index (κ2) is 18.6. The van der Waals surface area contributed by atoms with Crippen molar-refractivity contribution in [1.29, 1.82) is 10.5 Å². The molecule has 0 aliphatic carbocycles. The van der Waals surface area contributed by atoms with E-state index in [4.69, 9.17) is 0 Å². The Hall–Kier alpha value is -9.43. The zero-order valence-electron chi connectivity index (χ0n) is 47.1. The minimum absolute atomic E-state index is 0.0574. The Bertz CT molecular complexity index is 4800. The second-order valence-electron chi connectivity index (χ2n) is 22.9. The minimum atomic E-state index is -4.84. The number of nitriles is 2. The maximum atomic E-state index is 15.5. The number of aromatic nitrogens is 2. The molecule has 16 rings (SSSR count). The summed E-state index contributed by atoms with van der Waals surface area (Å²) in [6.07, 6.45) is -4.16. The van der Waals surface area contributed by atoms with E-state index in [1.54, 1.807) is 12.1 Å². The summed E-state index contributed by atoms with van der Waals surface area (Å²) in [6, 6.07) is 56.1. The number of fused-ring (bicyclic) bond motifs is 2. The van der Waals surface area contributed by atoms with Crippen LogP contribution in [0, 0.1) is 91.9 Å². The Morgan fingerprint density at radius 2 is 0.728 bits per heavy atom. The molecule has 4 nitrogen and oxygen atoms in total. The molecule has 12 aromatic rings. The van der Waals surface area contributed by atoms with Gasteiger partial charge in [0.2, 0.25) is 0 Å². The largest absolute Gasteiger partial charge is 0.417 e. The van der Waals surface area contributed by atoms with Crippen LogP contribution in [0.2, 0.25) is 0 Å². The molecule has 7 heteroatoms. The number of hydrogen-bond donors (Lipinski definition) is 0. The normalized spacial score (nSPS) is 12.2. The van der Waals surface area contributed by atoms with E-state index in [-0.39, 0.29) is 22.3 Å². The molecule has 81 heavy (non-hydrogen) atoms. The first-order valence-corrected chi connectivity index (χ1v) is 27.5. The first-order valence-electron chi connectivity index (χ1n) is 27.5. The van der Waals surface area contributed by atoms with Crippen molar-refractivity contribution in [3.05, 3.63) is 235 Å². The van der Waals surface area contributed by atoms with Crippen LogP contribution in [-0.2, 0) is 12.6 Å². The molecule has 8 bridgehead atoms. The van der Waals surface area contributed by atoms with E-state index in [2.05, 4.69) is 206 Å². The maximum absolute atomic E-state index is 15.5. The average Bonchev–Trinajstić information content (AvgIpc) is 4.14. The number of rotatable bonds is 3. The van der Waals surface area contributed by atoms with Crippen molar-refractivity contribution in [2.24, 2.45) is 0 Å². The van der Waals surface area contributed by atoms with Gasteiger partial charge in [-0.1, -0.05) is 101 Å². The van der Waals surface area contributed by atoms with E-state index in [9.17, 15) is 10.5 Å². The zero-order valence-corrected chi connectivity index (χ0v) is 47.1. The molecule has 0 radical (unpaired) electrons. The molecular weight excluding hydrogens is 1000 g/mol. The van der Waals surface area contributed by atoms with Gasteiger partial charge in [0.05, 0.1) is 62.3 Å².